The second kappa shape index (κ2) is 9.64. The first-order valence-corrected chi connectivity index (χ1v) is 16.4. The number of aromatic nitrogens is 2. The van der Waals surface area contributed by atoms with Gasteiger partial charge in [-0.05, 0) is 60.7 Å². The topological polar surface area (TPSA) is 83.7 Å². The van der Waals surface area contributed by atoms with E-state index in [1.807, 2.05) is 91.0 Å². The Balaban J connectivity index is 1.30. The molecule has 6 nitrogen and oxygen atoms in total. The number of para-hydroxylation sites is 4. The van der Waals surface area contributed by atoms with E-state index in [9.17, 15) is 10.5 Å². The SMILES string of the molecule is N#Cc1cc(-n2c3ccccc3c3ccc4oc5ccccc5c4c32)cc(C#N)c1-n1c2ccccc2c2ccc3oc4ccccc4c3c21. The average Bonchev–Trinajstić information content (AvgIpc) is 3.91. The van der Waals surface area contributed by atoms with Gasteiger partial charge in [0.25, 0.3) is 0 Å². The molecule has 50 heavy (non-hydrogen) atoms. The van der Waals surface area contributed by atoms with Gasteiger partial charge >= 0.3 is 0 Å². The third-order valence-electron chi connectivity index (χ3n) is 10.2. The van der Waals surface area contributed by atoms with Crippen molar-refractivity contribution in [3.63, 3.8) is 0 Å². The molecule has 4 aromatic heterocycles. The molecule has 0 saturated heterocycles. The standard InChI is InChI=1S/C44H22N4O2/c45-23-25-21-27(47-34-13-5-1-9-28(34)30-17-19-38-40(43(30)47)32-11-3-7-15-36(32)49-38)22-26(24-46)42(25)48-35-14-6-2-10-29(35)31-18-20-39-41(44(31)48)33-12-4-8-16-37(33)50-39/h1-22H. The maximum Gasteiger partial charge on any atom is 0.137 e. The molecule has 230 valence electrons. The first-order chi connectivity index (χ1) is 24.7. The molecule has 0 N–H and O–H groups in total. The van der Waals surface area contributed by atoms with Crippen LogP contribution < -0.4 is 0 Å². The van der Waals surface area contributed by atoms with Crippen molar-refractivity contribution >= 4 is 87.5 Å². The number of nitrogens with zero attached hydrogens (tertiary/aromatic N) is 4. The van der Waals surface area contributed by atoms with E-state index in [0.29, 0.717) is 16.8 Å². The van der Waals surface area contributed by atoms with Gasteiger partial charge in [0, 0.05) is 38.0 Å². The molecule has 0 saturated carbocycles. The van der Waals surface area contributed by atoms with E-state index in [4.69, 9.17) is 8.83 Å². The van der Waals surface area contributed by atoms with E-state index in [1.165, 1.54) is 0 Å². The van der Waals surface area contributed by atoms with Crippen LogP contribution in [0.5, 0.6) is 0 Å². The molecule has 0 unspecified atom stereocenters. The number of nitriles is 2. The molecular weight excluding hydrogens is 617 g/mol. The van der Waals surface area contributed by atoms with Crippen molar-refractivity contribution in [2.75, 3.05) is 0 Å². The zero-order valence-corrected chi connectivity index (χ0v) is 26.3. The third kappa shape index (κ3) is 3.34. The van der Waals surface area contributed by atoms with E-state index >= 15 is 0 Å². The lowest BCUT2D eigenvalue weighted by atomic mass is 10.0. The lowest BCUT2D eigenvalue weighted by Gasteiger charge is -2.16. The van der Waals surface area contributed by atoms with E-state index in [0.717, 1.165) is 93.2 Å². The summed E-state index contributed by atoms with van der Waals surface area (Å²) in [5.74, 6) is 0. The van der Waals surface area contributed by atoms with Gasteiger partial charge in [-0.1, -0.05) is 72.8 Å². The van der Waals surface area contributed by atoms with Crippen LogP contribution in [0.2, 0.25) is 0 Å². The molecule has 0 aliphatic heterocycles. The number of hydrogen-bond acceptors (Lipinski definition) is 4. The maximum atomic E-state index is 10.9. The van der Waals surface area contributed by atoms with Crippen molar-refractivity contribution in [1.82, 2.24) is 9.13 Å². The molecule has 7 aromatic carbocycles. The van der Waals surface area contributed by atoms with Crippen LogP contribution in [0.25, 0.3) is 98.9 Å². The van der Waals surface area contributed by atoms with Crippen LogP contribution >= 0.6 is 0 Å². The van der Waals surface area contributed by atoms with Gasteiger partial charge in [-0.15, -0.1) is 0 Å². The van der Waals surface area contributed by atoms with Crippen LogP contribution in [0.3, 0.4) is 0 Å². The number of rotatable bonds is 2. The molecule has 6 heteroatoms. The van der Waals surface area contributed by atoms with E-state index in [2.05, 4.69) is 63.7 Å². The van der Waals surface area contributed by atoms with Crippen molar-refractivity contribution < 1.29 is 8.83 Å². The predicted molar refractivity (Wildman–Crippen MR) is 199 cm³/mol. The lowest BCUT2D eigenvalue weighted by molar-refractivity contribution is 0.669. The second-order valence-electron chi connectivity index (χ2n) is 12.7. The van der Waals surface area contributed by atoms with Crippen LogP contribution in [-0.2, 0) is 0 Å². The van der Waals surface area contributed by atoms with Gasteiger partial charge in [0.15, 0.2) is 0 Å². The van der Waals surface area contributed by atoms with Gasteiger partial charge in [0.05, 0.1) is 49.7 Å². The fourth-order valence-electron chi connectivity index (χ4n) is 8.19. The number of fused-ring (bicyclic) bond motifs is 14. The van der Waals surface area contributed by atoms with Crippen LogP contribution in [0, 0.1) is 22.7 Å². The highest BCUT2D eigenvalue weighted by Gasteiger charge is 2.25. The number of benzene rings is 7. The largest absolute Gasteiger partial charge is 0.456 e. The molecule has 0 aliphatic rings. The van der Waals surface area contributed by atoms with Gasteiger partial charge in [-0.25, -0.2) is 0 Å². The van der Waals surface area contributed by atoms with Crippen LogP contribution in [0.1, 0.15) is 11.1 Å². The van der Waals surface area contributed by atoms with Crippen LogP contribution in [-0.4, -0.2) is 9.13 Å². The third-order valence-corrected chi connectivity index (χ3v) is 10.2. The van der Waals surface area contributed by atoms with Crippen molar-refractivity contribution in [2.24, 2.45) is 0 Å². The van der Waals surface area contributed by atoms with Crippen LogP contribution in [0.4, 0.5) is 0 Å². The van der Waals surface area contributed by atoms with Gasteiger partial charge in [0.2, 0.25) is 0 Å². The minimum atomic E-state index is 0.390. The summed E-state index contributed by atoms with van der Waals surface area (Å²) in [5, 5.41) is 30.0. The monoisotopic (exact) mass is 638 g/mol. The lowest BCUT2D eigenvalue weighted by Crippen LogP contribution is -2.05. The first kappa shape index (κ1) is 26.8. The summed E-state index contributed by atoms with van der Waals surface area (Å²) < 4.78 is 16.9. The highest BCUT2D eigenvalue weighted by Crippen LogP contribution is 2.44. The van der Waals surface area contributed by atoms with Gasteiger partial charge < -0.3 is 18.0 Å². The normalized spacial score (nSPS) is 12.0. The summed E-state index contributed by atoms with van der Waals surface area (Å²) in [6.07, 6.45) is 0. The van der Waals surface area contributed by atoms with Gasteiger partial charge in [-0.2, -0.15) is 10.5 Å². The molecule has 0 spiro atoms. The molecule has 0 amide bonds. The summed E-state index contributed by atoms with van der Waals surface area (Å²) in [5.41, 5.74) is 8.93. The van der Waals surface area contributed by atoms with E-state index < -0.39 is 0 Å². The van der Waals surface area contributed by atoms with Crippen molar-refractivity contribution in [3.8, 4) is 23.5 Å². The molecule has 4 heterocycles. The van der Waals surface area contributed by atoms with Crippen LogP contribution in [0.15, 0.2) is 142 Å². The Labute approximate surface area is 283 Å². The number of hydrogen-bond donors (Lipinski definition) is 0. The zero-order chi connectivity index (χ0) is 33.1. The Morgan fingerprint density at radius 1 is 0.420 bits per heavy atom. The highest BCUT2D eigenvalue weighted by atomic mass is 16.3. The van der Waals surface area contributed by atoms with E-state index in [1.54, 1.807) is 0 Å². The number of furan rings is 2. The summed E-state index contributed by atoms with van der Waals surface area (Å²) in [6, 6.07) is 49.5. The van der Waals surface area contributed by atoms with Gasteiger partial charge in [0.1, 0.15) is 34.5 Å². The predicted octanol–water partition coefficient (Wildman–Crippen LogP) is 11.4. The Kier molecular flexibility index (Phi) is 5.16. The fourth-order valence-corrected chi connectivity index (χ4v) is 8.19. The molecule has 0 fully saturated rings. The average molecular weight is 639 g/mol. The molecule has 11 rings (SSSR count). The highest BCUT2D eigenvalue weighted by molar-refractivity contribution is 6.26. The second-order valence-corrected chi connectivity index (χ2v) is 12.7. The van der Waals surface area contributed by atoms with Crippen molar-refractivity contribution in [1.29, 1.82) is 10.5 Å². The smallest absolute Gasteiger partial charge is 0.137 e. The Morgan fingerprint density at radius 2 is 0.860 bits per heavy atom. The molecule has 0 bridgehead atoms. The molecular formula is C44H22N4O2. The Morgan fingerprint density at radius 3 is 1.38 bits per heavy atom. The first-order valence-electron chi connectivity index (χ1n) is 16.4. The van der Waals surface area contributed by atoms with Crippen molar-refractivity contribution in [3.05, 3.63) is 145 Å². The zero-order valence-electron chi connectivity index (χ0n) is 26.3. The quantitative estimate of drug-likeness (QED) is 0.189. The summed E-state index contributed by atoms with van der Waals surface area (Å²) in [6.45, 7) is 0. The van der Waals surface area contributed by atoms with Gasteiger partial charge in [-0.3, -0.25) is 0 Å². The molecule has 0 aliphatic carbocycles. The summed E-state index contributed by atoms with van der Waals surface area (Å²) in [4.78, 5) is 0. The summed E-state index contributed by atoms with van der Waals surface area (Å²) in [7, 11) is 0. The minimum Gasteiger partial charge on any atom is -0.456 e. The molecule has 11 aromatic rings. The fraction of sp³-hybridized carbons (Fsp3) is 0. The Hall–Kier alpha value is -7.28. The summed E-state index contributed by atoms with van der Waals surface area (Å²) >= 11 is 0. The molecule has 0 radical (unpaired) electrons. The van der Waals surface area contributed by atoms with Crippen molar-refractivity contribution in [2.45, 2.75) is 0 Å². The minimum absolute atomic E-state index is 0.390. The van der Waals surface area contributed by atoms with E-state index in [-0.39, 0.29) is 0 Å². The molecule has 0 atom stereocenters. The maximum absolute atomic E-state index is 10.9. The Bertz CT molecular complexity index is 3320.